The summed E-state index contributed by atoms with van der Waals surface area (Å²) in [5.41, 5.74) is -1.32. The average molecular weight is 547 g/mol. The molecule has 1 N–H and O–H groups in total. The van der Waals surface area contributed by atoms with Crippen LogP contribution in [-0.2, 0) is 20.8 Å². The monoisotopic (exact) mass is 546 g/mol. The number of anilines is 1. The zero-order valence-electron chi connectivity index (χ0n) is 20.2. The maximum atomic E-state index is 13.8. The van der Waals surface area contributed by atoms with Gasteiger partial charge in [-0.15, -0.1) is 0 Å². The highest BCUT2D eigenvalue weighted by atomic mass is 32.2. The quantitative estimate of drug-likeness (QED) is 0.609. The number of nitrogens with zero attached hydrogens (tertiary/aromatic N) is 3. The second kappa shape index (κ2) is 9.60. The number of allylic oxidation sites excluding steroid dienone is 1. The third kappa shape index (κ3) is 4.41. The van der Waals surface area contributed by atoms with Gasteiger partial charge in [-0.1, -0.05) is 19.1 Å². The average Bonchev–Trinajstić information content (AvgIpc) is 3.27. The lowest BCUT2D eigenvalue weighted by molar-refractivity contribution is -0.137. The van der Waals surface area contributed by atoms with Crippen LogP contribution in [0.15, 0.2) is 58.6 Å². The molecule has 9 nitrogen and oxygen atoms in total. The van der Waals surface area contributed by atoms with E-state index in [1.807, 2.05) is 6.07 Å². The van der Waals surface area contributed by atoms with Crippen LogP contribution in [-0.4, -0.2) is 44.0 Å². The Morgan fingerprint density at radius 2 is 1.87 bits per heavy atom. The highest BCUT2D eigenvalue weighted by Gasteiger charge is 2.49. The number of rotatable bonds is 4. The number of nitrogens with one attached hydrogen (secondary N) is 1. The van der Waals surface area contributed by atoms with E-state index in [2.05, 4.69) is 5.32 Å². The standard InChI is InChI=1S/C25H21F3N4O5S/c1-3-38(36,37)20-11-14(13-29)7-8-17(20)22-21-18(9-10-19(21)33)31(24(35)32(22)23(34)30-2)16-6-4-5-15(12-16)25(26,27)28/h4-8,11-12,22H,3,9-10H2,1-2H3,(H,30,34). The van der Waals surface area contributed by atoms with Crippen LogP contribution >= 0.6 is 0 Å². The lowest BCUT2D eigenvalue weighted by atomic mass is 9.92. The summed E-state index contributed by atoms with van der Waals surface area (Å²) < 4.78 is 66.3. The topological polar surface area (TPSA) is 128 Å². The predicted octanol–water partition coefficient (Wildman–Crippen LogP) is 4.31. The molecule has 0 radical (unpaired) electrons. The molecule has 0 saturated carbocycles. The molecule has 0 fully saturated rings. The molecule has 4 rings (SSSR count). The van der Waals surface area contributed by atoms with Gasteiger partial charge in [0.15, 0.2) is 15.6 Å². The molecule has 1 unspecified atom stereocenters. The Morgan fingerprint density at radius 1 is 1.16 bits per heavy atom. The van der Waals surface area contributed by atoms with Gasteiger partial charge in [0.05, 0.1) is 33.5 Å². The van der Waals surface area contributed by atoms with Gasteiger partial charge in [-0.2, -0.15) is 18.4 Å². The van der Waals surface area contributed by atoms with E-state index in [4.69, 9.17) is 0 Å². The van der Waals surface area contributed by atoms with Crippen molar-refractivity contribution in [1.82, 2.24) is 10.2 Å². The van der Waals surface area contributed by atoms with Gasteiger partial charge >= 0.3 is 18.2 Å². The molecule has 1 aliphatic carbocycles. The van der Waals surface area contributed by atoms with Gasteiger partial charge in [0, 0.05) is 24.7 Å². The Bertz CT molecular complexity index is 1540. The number of alkyl halides is 3. The number of imide groups is 1. The number of benzene rings is 2. The van der Waals surface area contributed by atoms with Crippen LogP contribution in [0.5, 0.6) is 0 Å². The van der Waals surface area contributed by atoms with Crippen molar-refractivity contribution in [2.45, 2.75) is 36.9 Å². The minimum absolute atomic E-state index is 0.00643. The Kier molecular flexibility index (Phi) is 6.79. The van der Waals surface area contributed by atoms with Gasteiger partial charge in [0.1, 0.15) is 6.04 Å². The maximum Gasteiger partial charge on any atom is 0.416 e. The Hall–Kier alpha value is -4.18. The van der Waals surface area contributed by atoms with Crippen molar-refractivity contribution in [3.8, 4) is 6.07 Å². The minimum Gasteiger partial charge on any atom is -0.341 e. The van der Waals surface area contributed by atoms with Gasteiger partial charge in [0.2, 0.25) is 0 Å². The van der Waals surface area contributed by atoms with Crippen molar-refractivity contribution >= 4 is 33.4 Å². The van der Waals surface area contributed by atoms with Crippen LogP contribution < -0.4 is 10.2 Å². The number of amides is 4. The van der Waals surface area contributed by atoms with Crippen molar-refractivity contribution in [3.05, 3.63) is 70.4 Å². The van der Waals surface area contributed by atoms with E-state index < -0.39 is 45.5 Å². The van der Waals surface area contributed by atoms with E-state index in [1.165, 1.54) is 32.2 Å². The van der Waals surface area contributed by atoms with Crippen LogP contribution in [0, 0.1) is 11.3 Å². The third-order valence-corrected chi connectivity index (χ3v) is 8.20. The van der Waals surface area contributed by atoms with Gasteiger partial charge in [-0.3, -0.25) is 9.69 Å². The summed E-state index contributed by atoms with van der Waals surface area (Å²) in [6.07, 6.45) is -4.83. The molecule has 0 saturated heterocycles. The Morgan fingerprint density at radius 3 is 2.47 bits per heavy atom. The van der Waals surface area contributed by atoms with Crippen molar-refractivity contribution in [2.75, 3.05) is 17.7 Å². The Balaban J connectivity index is 2.04. The minimum atomic E-state index is -4.72. The normalized spacial score (nSPS) is 17.9. The van der Waals surface area contributed by atoms with Crippen molar-refractivity contribution in [2.24, 2.45) is 0 Å². The third-order valence-electron chi connectivity index (χ3n) is 6.42. The first-order valence-electron chi connectivity index (χ1n) is 11.4. The molecule has 38 heavy (non-hydrogen) atoms. The summed E-state index contributed by atoms with van der Waals surface area (Å²) in [6.45, 7) is 1.38. The van der Waals surface area contributed by atoms with Crippen LogP contribution in [0.25, 0.3) is 0 Å². The fourth-order valence-electron chi connectivity index (χ4n) is 4.63. The van der Waals surface area contributed by atoms with E-state index in [9.17, 15) is 41.2 Å². The molecule has 2 aromatic carbocycles. The number of sulfone groups is 1. The second-order valence-electron chi connectivity index (χ2n) is 8.55. The molecule has 0 spiro atoms. The first kappa shape index (κ1) is 26.9. The van der Waals surface area contributed by atoms with E-state index in [0.717, 1.165) is 29.2 Å². The van der Waals surface area contributed by atoms with Crippen molar-refractivity contribution in [1.29, 1.82) is 5.26 Å². The molecule has 1 atom stereocenters. The number of nitriles is 1. The molecular weight excluding hydrogens is 525 g/mol. The maximum absolute atomic E-state index is 13.8. The largest absolute Gasteiger partial charge is 0.416 e. The zero-order valence-corrected chi connectivity index (χ0v) is 21.0. The number of hydrogen-bond acceptors (Lipinski definition) is 6. The number of hydrogen-bond donors (Lipinski definition) is 1. The number of urea groups is 2. The number of ketones is 1. The highest BCUT2D eigenvalue weighted by Crippen LogP contribution is 2.47. The summed E-state index contributed by atoms with van der Waals surface area (Å²) in [7, 11) is -2.80. The molecule has 198 valence electrons. The SMILES string of the molecule is CCS(=O)(=O)c1cc(C#N)ccc1C1C2=C(CCC2=O)N(c2cccc(C(F)(F)F)c2)C(=O)N1C(=O)NC. The fourth-order valence-corrected chi connectivity index (χ4v) is 5.79. The zero-order chi connectivity index (χ0) is 28.0. The first-order chi connectivity index (χ1) is 17.8. The second-order valence-corrected chi connectivity index (χ2v) is 10.8. The van der Waals surface area contributed by atoms with Gasteiger partial charge in [-0.25, -0.2) is 22.9 Å². The van der Waals surface area contributed by atoms with E-state index in [1.54, 1.807) is 0 Å². The number of carbonyl (C=O) groups excluding carboxylic acids is 3. The van der Waals surface area contributed by atoms with Gasteiger partial charge in [0.25, 0.3) is 0 Å². The summed E-state index contributed by atoms with van der Waals surface area (Å²) in [6, 6.07) is 5.88. The molecule has 2 aliphatic rings. The Labute approximate surface area is 216 Å². The number of halogens is 3. The van der Waals surface area contributed by atoms with Gasteiger partial charge < -0.3 is 5.32 Å². The summed E-state index contributed by atoms with van der Waals surface area (Å²) in [4.78, 5) is 41.3. The van der Waals surface area contributed by atoms with Gasteiger partial charge in [-0.05, 0) is 42.3 Å². The molecule has 1 heterocycles. The molecule has 4 amide bonds. The summed E-state index contributed by atoms with van der Waals surface area (Å²) >= 11 is 0. The molecule has 0 aromatic heterocycles. The van der Waals surface area contributed by atoms with Crippen molar-refractivity contribution in [3.63, 3.8) is 0 Å². The predicted molar refractivity (Wildman–Crippen MR) is 129 cm³/mol. The van der Waals surface area contributed by atoms with E-state index >= 15 is 0 Å². The molecule has 13 heteroatoms. The molecule has 2 aromatic rings. The number of carbonyl (C=O) groups is 3. The lowest BCUT2D eigenvalue weighted by Crippen LogP contribution is -2.55. The van der Waals surface area contributed by atoms with Crippen LogP contribution in [0.4, 0.5) is 28.4 Å². The first-order valence-corrected chi connectivity index (χ1v) is 13.1. The van der Waals surface area contributed by atoms with Crippen LogP contribution in [0.1, 0.15) is 42.5 Å². The molecule has 0 bridgehead atoms. The van der Waals surface area contributed by atoms with Crippen LogP contribution in [0.3, 0.4) is 0 Å². The fraction of sp³-hybridized carbons (Fsp3) is 0.280. The number of Topliss-reactive ketones (excluding diaryl/α,β-unsaturated/α-hetero) is 1. The van der Waals surface area contributed by atoms with Crippen LogP contribution in [0.2, 0.25) is 0 Å². The van der Waals surface area contributed by atoms with Crippen molar-refractivity contribution < 1.29 is 36.0 Å². The summed E-state index contributed by atoms with van der Waals surface area (Å²) in [5.74, 6) is -0.862. The summed E-state index contributed by atoms with van der Waals surface area (Å²) in [5, 5.41) is 11.6. The highest BCUT2D eigenvalue weighted by molar-refractivity contribution is 7.91. The smallest absolute Gasteiger partial charge is 0.341 e. The molecular formula is C25H21F3N4O5S. The van der Waals surface area contributed by atoms with E-state index in [0.29, 0.717) is 4.90 Å². The van der Waals surface area contributed by atoms with E-state index in [-0.39, 0.29) is 51.6 Å². The molecule has 1 aliphatic heterocycles. The lowest BCUT2D eigenvalue weighted by Gasteiger charge is -2.41.